The standard InChI is InChI=1S/C33H54NO5P/c1-22(2)27-16-14-24(5)30(19-27)38-40(36,39-31-20-28(23(3)4)17-15-25(31)6)33(29-13-10-18-34-21-29)37-32(35)26-11-8-7-9-12-26/h10,13,18,21-28,30-31,33H,7-9,11-12,14-17,19-20H2,1-6H3/t24-,25-,27+,28+,30+,31+,33+/m0/s1. The molecule has 1 aromatic heterocycles. The average molecular weight is 576 g/mol. The number of esters is 1. The lowest BCUT2D eigenvalue weighted by atomic mass is 9.76. The molecule has 0 aliphatic heterocycles. The number of carbonyl (C=O) groups excluding carboxylic acids is 1. The van der Waals surface area contributed by atoms with E-state index in [0.29, 0.717) is 29.2 Å². The minimum Gasteiger partial charge on any atom is -0.444 e. The largest absolute Gasteiger partial charge is 0.444 e. The molecule has 7 atom stereocenters. The van der Waals surface area contributed by atoms with Crippen LogP contribution in [0.5, 0.6) is 0 Å². The van der Waals surface area contributed by atoms with E-state index in [0.717, 1.165) is 70.6 Å². The lowest BCUT2D eigenvalue weighted by Gasteiger charge is -2.42. The molecule has 1 aromatic rings. The Hall–Kier alpha value is -1.23. The number of aromatic nitrogens is 1. The van der Waals surface area contributed by atoms with Crippen molar-refractivity contribution in [3.8, 4) is 0 Å². The smallest absolute Gasteiger partial charge is 0.376 e. The Balaban J connectivity index is 1.69. The van der Waals surface area contributed by atoms with Gasteiger partial charge in [0.05, 0.1) is 18.1 Å². The van der Waals surface area contributed by atoms with E-state index in [4.69, 9.17) is 13.8 Å². The van der Waals surface area contributed by atoms with Crippen LogP contribution >= 0.6 is 7.60 Å². The summed E-state index contributed by atoms with van der Waals surface area (Å²) in [6.45, 7) is 13.4. The van der Waals surface area contributed by atoms with Crippen LogP contribution in [0.4, 0.5) is 0 Å². The van der Waals surface area contributed by atoms with Gasteiger partial charge in [-0.2, -0.15) is 0 Å². The molecule has 226 valence electrons. The molecule has 0 bridgehead atoms. The molecule has 0 radical (unpaired) electrons. The van der Waals surface area contributed by atoms with Gasteiger partial charge in [0, 0.05) is 18.0 Å². The van der Waals surface area contributed by atoms with Crippen molar-refractivity contribution in [3.63, 3.8) is 0 Å². The van der Waals surface area contributed by atoms with E-state index >= 15 is 4.57 Å². The van der Waals surface area contributed by atoms with Gasteiger partial charge in [0.15, 0.2) is 0 Å². The fraction of sp³-hybridized carbons (Fsp3) is 0.818. The number of rotatable bonds is 10. The van der Waals surface area contributed by atoms with Crippen LogP contribution in [0, 0.1) is 41.4 Å². The number of pyridine rings is 1. The van der Waals surface area contributed by atoms with Crippen LogP contribution in [0.15, 0.2) is 24.5 Å². The van der Waals surface area contributed by atoms with Gasteiger partial charge in [-0.15, -0.1) is 0 Å². The maximum Gasteiger partial charge on any atom is 0.376 e. The van der Waals surface area contributed by atoms with E-state index in [-0.39, 0.29) is 35.9 Å². The van der Waals surface area contributed by atoms with Gasteiger partial charge >= 0.3 is 13.6 Å². The summed E-state index contributed by atoms with van der Waals surface area (Å²) < 4.78 is 35.1. The predicted octanol–water partition coefficient (Wildman–Crippen LogP) is 9.35. The second-order valence-corrected chi connectivity index (χ2v) is 15.8. The Bertz CT molecular complexity index is 940. The van der Waals surface area contributed by atoms with Crippen molar-refractivity contribution in [2.45, 2.75) is 130 Å². The Morgan fingerprint density at radius 3 is 1.88 bits per heavy atom. The number of nitrogens with zero attached hydrogens (tertiary/aromatic N) is 1. The molecule has 0 spiro atoms. The number of hydrogen-bond donors (Lipinski definition) is 0. The van der Waals surface area contributed by atoms with E-state index in [1.54, 1.807) is 18.5 Å². The van der Waals surface area contributed by atoms with Crippen LogP contribution in [0.1, 0.15) is 124 Å². The Morgan fingerprint density at radius 2 is 1.40 bits per heavy atom. The van der Waals surface area contributed by atoms with E-state index in [1.165, 1.54) is 0 Å². The van der Waals surface area contributed by atoms with Gasteiger partial charge < -0.3 is 13.8 Å². The SMILES string of the molecule is CC(C)[C@@H]1CC[C@H](C)[C@H](OP(=O)(O[C@@H]2C[C@H](C(C)C)CC[C@@H]2C)[C@@H](OC(=O)C2CCCCC2)c2cccnc2)C1. The third-order valence-electron chi connectivity index (χ3n) is 10.2. The van der Waals surface area contributed by atoms with Gasteiger partial charge in [0.25, 0.3) is 0 Å². The average Bonchev–Trinajstić information content (AvgIpc) is 2.94. The summed E-state index contributed by atoms with van der Waals surface area (Å²) in [5.41, 5.74) is 0.586. The summed E-state index contributed by atoms with van der Waals surface area (Å²) >= 11 is 0. The fourth-order valence-electron chi connectivity index (χ4n) is 7.02. The van der Waals surface area contributed by atoms with Gasteiger partial charge in [0.1, 0.15) is 0 Å². The zero-order chi connectivity index (χ0) is 28.9. The first-order chi connectivity index (χ1) is 19.1. The lowest BCUT2D eigenvalue weighted by molar-refractivity contribution is -0.153. The molecule has 3 aliphatic carbocycles. The number of hydrogen-bond acceptors (Lipinski definition) is 6. The summed E-state index contributed by atoms with van der Waals surface area (Å²) in [4.78, 5) is 17.9. The van der Waals surface area contributed by atoms with Crippen molar-refractivity contribution >= 4 is 13.6 Å². The maximum absolute atomic E-state index is 15.4. The van der Waals surface area contributed by atoms with Crippen LogP contribution in [-0.4, -0.2) is 23.2 Å². The summed E-state index contributed by atoms with van der Waals surface area (Å²) in [6, 6.07) is 3.64. The molecule has 0 unspecified atom stereocenters. The van der Waals surface area contributed by atoms with E-state index < -0.39 is 13.4 Å². The monoisotopic (exact) mass is 575 g/mol. The molecule has 0 saturated heterocycles. The van der Waals surface area contributed by atoms with Crippen molar-refractivity contribution in [2.75, 3.05) is 0 Å². The van der Waals surface area contributed by atoms with Gasteiger partial charge in [-0.1, -0.05) is 66.9 Å². The molecule has 1 heterocycles. The molecule has 40 heavy (non-hydrogen) atoms. The van der Waals surface area contributed by atoms with E-state index in [2.05, 4.69) is 46.5 Å². The molecule has 0 N–H and O–H groups in total. The van der Waals surface area contributed by atoms with Crippen molar-refractivity contribution in [1.82, 2.24) is 4.98 Å². The van der Waals surface area contributed by atoms with Crippen LogP contribution in [-0.2, 0) is 23.1 Å². The summed E-state index contributed by atoms with van der Waals surface area (Å²) in [5.74, 6) is 1.02. The minimum absolute atomic E-state index is 0.167. The molecular formula is C33H54NO5P. The van der Waals surface area contributed by atoms with Crippen molar-refractivity contribution in [1.29, 1.82) is 0 Å². The fourth-order valence-corrected chi connectivity index (χ4v) is 9.39. The summed E-state index contributed by atoms with van der Waals surface area (Å²) in [5, 5.41) is 0. The Morgan fingerprint density at radius 1 is 0.850 bits per heavy atom. The third kappa shape index (κ3) is 7.98. The van der Waals surface area contributed by atoms with Crippen LogP contribution in [0.25, 0.3) is 0 Å². The Kier molecular flexibility index (Phi) is 11.3. The molecule has 0 aromatic carbocycles. The van der Waals surface area contributed by atoms with Crippen molar-refractivity contribution in [2.24, 2.45) is 41.4 Å². The molecule has 3 aliphatic rings. The highest BCUT2D eigenvalue weighted by Crippen LogP contribution is 2.65. The second-order valence-electron chi connectivity index (χ2n) is 13.8. The van der Waals surface area contributed by atoms with Gasteiger partial charge in [-0.3, -0.25) is 14.3 Å². The van der Waals surface area contributed by atoms with Crippen LogP contribution in [0.2, 0.25) is 0 Å². The van der Waals surface area contributed by atoms with Crippen LogP contribution < -0.4 is 0 Å². The van der Waals surface area contributed by atoms with E-state index in [1.807, 2.05) is 6.07 Å². The second kappa shape index (κ2) is 14.3. The highest BCUT2D eigenvalue weighted by atomic mass is 31.2. The lowest BCUT2D eigenvalue weighted by Crippen LogP contribution is -2.36. The zero-order valence-electron chi connectivity index (χ0n) is 25.8. The number of ether oxygens (including phenoxy) is 1. The Labute approximate surface area is 243 Å². The van der Waals surface area contributed by atoms with Crippen molar-refractivity contribution in [3.05, 3.63) is 30.1 Å². The molecule has 6 nitrogen and oxygen atoms in total. The molecule has 3 saturated carbocycles. The first-order valence-electron chi connectivity index (χ1n) is 16.1. The quantitative estimate of drug-likeness (QED) is 0.204. The molecule has 4 rings (SSSR count). The molecule has 7 heteroatoms. The van der Waals surface area contributed by atoms with Gasteiger partial charge in [-0.25, -0.2) is 0 Å². The highest BCUT2D eigenvalue weighted by molar-refractivity contribution is 7.54. The summed E-state index contributed by atoms with van der Waals surface area (Å²) in [7, 11) is -3.96. The normalized spacial score (nSPS) is 31.3. The molecule has 3 fully saturated rings. The molecular weight excluding hydrogens is 521 g/mol. The topological polar surface area (TPSA) is 74.7 Å². The van der Waals surface area contributed by atoms with Crippen LogP contribution in [0.3, 0.4) is 0 Å². The summed E-state index contributed by atoms with van der Waals surface area (Å²) in [6.07, 6.45) is 13.8. The highest BCUT2D eigenvalue weighted by Gasteiger charge is 2.48. The van der Waals surface area contributed by atoms with Gasteiger partial charge in [-0.05, 0) is 92.9 Å². The van der Waals surface area contributed by atoms with Crippen molar-refractivity contribution < 1.29 is 23.1 Å². The minimum atomic E-state index is -3.96. The van der Waals surface area contributed by atoms with Gasteiger partial charge in [0.2, 0.25) is 5.85 Å². The first kappa shape index (κ1) is 31.7. The zero-order valence-corrected chi connectivity index (χ0v) is 26.7. The predicted molar refractivity (Wildman–Crippen MR) is 160 cm³/mol. The first-order valence-corrected chi connectivity index (χ1v) is 17.8. The maximum atomic E-state index is 15.4. The number of carbonyl (C=O) groups is 1. The molecule has 0 amide bonds. The third-order valence-corrected chi connectivity index (χ3v) is 12.3. The van der Waals surface area contributed by atoms with E-state index in [9.17, 15) is 4.79 Å².